The third-order valence-electron chi connectivity index (χ3n) is 2.65. The van der Waals surface area contributed by atoms with Gasteiger partial charge in [-0.3, -0.25) is 9.78 Å². The van der Waals surface area contributed by atoms with E-state index in [-0.39, 0.29) is 5.78 Å². The second kappa shape index (κ2) is 6.87. The van der Waals surface area contributed by atoms with Crippen molar-refractivity contribution in [1.29, 1.82) is 0 Å². The van der Waals surface area contributed by atoms with Crippen molar-refractivity contribution in [3.63, 3.8) is 0 Å². The highest BCUT2D eigenvalue weighted by Gasteiger charge is 2.06. The van der Waals surface area contributed by atoms with Crippen LogP contribution in [0.1, 0.15) is 11.1 Å². The maximum atomic E-state index is 11.9. The molecular weight excluding hydrogens is 322 g/mol. The molecule has 0 amide bonds. The van der Waals surface area contributed by atoms with Crippen LogP contribution in [0.4, 0.5) is 0 Å². The number of rotatable bonds is 5. The SMILES string of the molecule is Cc1ccccc1SCC(=O)Cc1cncc(Br)c1. The van der Waals surface area contributed by atoms with Crippen molar-refractivity contribution in [2.75, 3.05) is 5.75 Å². The molecule has 19 heavy (non-hydrogen) atoms. The number of aryl methyl sites for hydroxylation is 1. The van der Waals surface area contributed by atoms with E-state index in [0.717, 1.165) is 10.0 Å². The highest BCUT2D eigenvalue weighted by atomic mass is 79.9. The highest BCUT2D eigenvalue weighted by Crippen LogP contribution is 2.22. The van der Waals surface area contributed by atoms with Crippen LogP contribution in [0, 0.1) is 6.92 Å². The van der Waals surface area contributed by atoms with E-state index in [1.807, 2.05) is 24.3 Å². The van der Waals surface area contributed by atoms with Crippen molar-refractivity contribution in [2.24, 2.45) is 0 Å². The Bertz CT molecular complexity index is 586. The van der Waals surface area contributed by atoms with Crippen LogP contribution < -0.4 is 0 Å². The molecule has 0 aliphatic carbocycles. The van der Waals surface area contributed by atoms with Crippen molar-refractivity contribution in [3.05, 3.63) is 58.3 Å². The lowest BCUT2D eigenvalue weighted by molar-refractivity contribution is -0.116. The third-order valence-corrected chi connectivity index (χ3v) is 4.31. The minimum absolute atomic E-state index is 0.216. The average molecular weight is 336 g/mol. The van der Waals surface area contributed by atoms with Gasteiger partial charge in [0.25, 0.3) is 0 Å². The van der Waals surface area contributed by atoms with E-state index in [1.54, 1.807) is 24.2 Å². The summed E-state index contributed by atoms with van der Waals surface area (Å²) in [5.41, 5.74) is 2.16. The number of halogens is 1. The van der Waals surface area contributed by atoms with Crippen molar-refractivity contribution in [3.8, 4) is 0 Å². The lowest BCUT2D eigenvalue weighted by Gasteiger charge is -2.05. The molecule has 0 saturated carbocycles. The monoisotopic (exact) mass is 335 g/mol. The van der Waals surface area contributed by atoms with E-state index in [9.17, 15) is 4.79 Å². The van der Waals surface area contributed by atoms with Gasteiger partial charge >= 0.3 is 0 Å². The van der Waals surface area contributed by atoms with Crippen LogP contribution in [0.15, 0.2) is 52.1 Å². The Labute approximate surface area is 125 Å². The van der Waals surface area contributed by atoms with Crippen molar-refractivity contribution >= 4 is 33.5 Å². The van der Waals surface area contributed by atoms with Gasteiger partial charge in [-0.1, -0.05) is 18.2 Å². The Morgan fingerprint density at radius 3 is 2.84 bits per heavy atom. The molecule has 0 spiro atoms. The standard InChI is InChI=1S/C15H14BrNOS/c1-11-4-2-3-5-15(11)19-10-14(18)7-12-6-13(16)9-17-8-12/h2-6,8-9H,7,10H2,1H3. The van der Waals surface area contributed by atoms with Crippen LogP contribution in [0.3, 0.4) is 0 Å². The molecule has 98 valence electrons. The summed E-state index contributed by atoms with van der Waals surface area (Å²) in [5, 5.41) is 0. The van der Waals surface area contributed by atoms with Crippen molar-refractivity contribution < 1.29 is 4.79 Å². The second-order valence-corrected chi connectivity index (χ2v) is 6.21. The Morgan fingerprint density at radius 1 is 1.32 bits per heavy atom. The summed E-state index contributed by atoms with van der Waals surface area (Å²) in [4.78, 5) is 17.2. The number of pyridine rings is 1. The Morgan fingerprint density at radius 2 is 2.11 bits per heavy atom. The molecule has 0 aliphatic heterocycles. The van der Waals surface area contributed by atoms with Gasteiger partial charge < -0.3 is 0 Å². The maximum absolute atomic E-state index is 11.9. The predicted molar refractivity (Wildman–Crippen MR) is 82.6 cm³/mol. The van der Waals surface area contributed by atoms with Crippen LogP contribution in [0.25, 0.3) is 0 Å². The minimum atomic E-state index is 0.216. The topological polar surface area (TPSA) is 30.0 Å². The van der Waals surface area contributed by atoms with Gasteiger partial charge in [0.1, 0.15) is 5.78 Å². The fraction of sp³-hybridized carbons (Fsp3) is 0.200. The van der Waals surface area contributed by atoms with Crippen LogP contribution in [-0.4, -0.2) is 16.5 Å². The molecule has 1 aromatic heterocycles. The molecule has 0 bridgehead atoms. The molecule has 0 fully saturated rings. The first-order chi connectivity index (χ1) is 9.15. The lowest BCUT2D eigenvalue weighted by Crippen LogP contribution is -2.06. The molecule has 2 nitrogen and oxygen atoms in total. The fourth-order valence-electron chi connectivity index (χ4n) is 1.71. The van der Waals surface area contributed by atoms with E-state index in [4.69, 9.17) is 0 Å². The van der Waals surface area contributed by atoms with Gasteiger partial charge in [-0.05, 0) is 46.1 Å². The van der Waals surface area contributed by atoms with Gasteiger partial charge in [-0.25, -0.2) is 0 Å². The number of carbonyl (C=O) groups is 1. The number of nitrogens with zero attached hydrogens (tertiary/aromatic N) is 1. The van der Waals surface area contributed by atoms with E-state index < -0.39 is 0 Å². The smallest absolute Gasteiger partial charge is 0.147 e. The summed E-state index contributed by atoms with van der Waals surface area (Å²) in [6, 6.07) is 10.1. The van der Waals surface area contributed by atoms with Crippen molar-refractivity contribution in [2.45, 2.75) is 18.2 Å². The zero-order valence-electron chi connectivity index (χ0n) is 10.6. The van der Waals surface area contributed by atoms with E-state index >= 15 is 0 Å². The van der Waals surface area contributed by atoms with E-state index in [0.29, 0.717) is 12.2 Å². The molecule has 1 heterocycles. The maximum Gasteiger partial charge on any atom is 0.147 e. The first-order valence-electron chi connectivity index (χ1n) is 5.95. The molecule has 0 saturated heterocycles. The fourth-order valence-corrected chi connectivity index (χ4v) is 3.01. The average Bonchev–Trinajstić information content (AvgIpc) is 2.38. The molecule has 0 N–H and O–H groups in total. The predicted octanol–water partition coefficient (Wildman–Crippen LogP) is 4.06. The van der Waals surface area contributed by atoms with Crippen LogP contribution in [-0.2, 0) is 11.2 Å². The van der Waals surface area contributed by atoms with Crippen molar-refractivity contribution in [1.82, 2.24) is 4.98 Å². The first-order valence-corrected chi connectivity index (χ1v) is 7.72. The molecular formula is C15H14BrNOS. The summed E-state index contributed by atoms with van der Waals surface area (Å²) in [6.45, 7) is 2.06. The second-order valence-electron chi connectivity index (χ2n) is 4.28. The Hall–Kier alpha value is -1.13. The van der Waals surface area contributed by atoms with Gasteiger partial charge in [-0.15, -0.1) is 11.8 Å². The molecule has 4 heteroatoms. The molecule has 0 atom stereocenters. The summed E-state index contributed by atoms with van der Waals surface area (Å²) in [6.07, 6.45) is 3.89. The summed E-state index contributed by atoms with van der Waals surface area (Å²) >= 11 is 4.96. The number of benzene rings is 1. The molecule has 1 aromatic carbocycles. The number of aromatic nitrogens is 1. The summed E-state index contributed by atoms with van der Waals surface area (Å²) in [7, 11) is 0. The largest absolute Gasteiger partial charge is 0.298 e. The van der Waals surface area contributed by atoms with E-state index in [2.05, 4.69) is 33.9 Å². The van der Waals surface area contributed by atoms with Gasteiger partial charge in [0.05, 0.1) is 5.75 Å². The Kier molecular flexibility index (Phi) is 5.16. The van der Waals surface area contributed by atoms with Gasteiger partial charge in [0, 0.05) is 28.2 Å². The summed E-state index contributed by atoms with van der Waals surface area (Å²) < 4.78 is 0.907. The van der Waals surface area contributed by atoms with Crippen LogP contribution >= 0.6 is 27.7 Å². The normalized spacial score (nSPS) is 10.4. The molecule has 0 aliphatic rings. The number of hydrogen-bond acceptors (Lipinski definition) is 3. The van der Waals surface area contributed by atoms with Gasteiger partial charge in [-0.2, -0.15) is 0 Å². The molecule has 0 unspecified atom stereocenters. The molecule has 2 aromatic rings. The number of ketones is 1. The molecule has 2 rings (SSSR count). The summed E-state index contributed by atoms with van der Waals surface area (Å²) in [5.74, 6) is 0.713. The minimum Gasteiger partial charge on any atom is -0.298 e. The zero-order chi connectivity index (χ0) is 13.7. The van der Waals surface area contributed by atoms with Crippen LogP contribution in [0.2, 0.25) is 0 Å². The lowest BCUT2D eigenvalue weighted by atomic mass is 10.2. The van der Waals surface area contributed by atoms with Gasteiger partial charge in [0.2, 0.25) is 0 Å². The molecule has 0 radical (unpaired) electrons. The highest BCUT2D eigenvalue weighted by molar-refractivity contribution is 9.10. The number of thioether (sulfide) groups is 1. The number of hydrogen-bond donors (Lipinski definition) is 0. The number of carbonyl (C=O) groups excluding carboxylic acids is 1. The zero-order valence-corrected chi connectivity index (χ0v) is 13.0. The quantitative estimate of drug-likeness (QED) is 0.772. The van der Waals surface area contributed by atoms with Crippen LogP contribution in [0.5, 0.6) is 0 Å². The number of Topliss-reactive ketones (excluding diaryl/α,β-unsaturated/α-hetero) is 1. The third kappa shape index (κ3) is 4.48. The Balaban J connectivity index is 1.90. The van der Waals surface area contributed by atoms with Gasteiger partial charge in [0.15, 0.2) is 0 Å². The first kappa shape index (κ1) is 14.3. The van der Waals surface area contributed by atoms with E-state index in [1.165, 1.54) is 10.5 Å².